The normalized spacial score (nSPS) is 10.3. The highest BCUT2D eigenvalue weighted by atomic mass is 32.2. The Hall–Kier alpha value is -1.98. The van der Waals surface area contributed by atoms with Gasteiger partial charge in [-0.05, 0) is 29.8 Å². The van der Waals surface area contributed by atoms with E-state index in [9.17, 15) is 4.79 Å². The van der Waals surface area contributed by atoms with Crippen molar-refractivity contribution in [3.05, 3.63) is 59.7 Å². The third-order valence-corrected chi connectivity index (χ3v) is 4.33. The fourth-order valence-electron chi connectivity index (χ4n) is 2.04. The van der Waals surface area contributed by atoms with Gasteiger partial charge in [-0.3, -0.25) is 4.79 Å². The second kappa shape index (κ2) is 9.22. The van der Waals surface area contributed by atoms with Gasteiger partial charge in [0, 0.05) is 24.3 Å². The first-order chi connectivity index (χ1) is 11.2. The monoisotopic (exact) mass is 331 g/mol. The van der Waals surface area contributed by atoms with Gasteiger partial charge in [0.25, 0.3) is 5.91 Å². The quantitative estimate of drug-likeness (QED) is 0.595. The van der Waals surface area contributed by atoms with Gasteiger partial charge < -0.3 is 14.8 Å². The number of amides is 1. The number of hydrogen-bond donors (Lipinski definition) is 1. The van der Waals surface area contributed by atoms with Crippen molar-refractivity contribution in [1.82, 2.24) is 5.32 Å². The van der Waals surface area contributed by atoms with Gasteiger partial charge >= 0.3 is 0 Å². The molecule has 0 aliphatic heterocycles. The summed E-state index contributed by atoms with van der Waals surface area (Å²) in [6, 6.07) is 15.3. The van der Waals surface area contributed by atoms with Crippen molar-refractivity contribution in [1.29, 1.82) is 0 Å². The number of carbonyl (C=O) groups is 1. The Morgan fingerprint density at radius 1 is 1.09 bits per heavy atom. The predicted octanol–water partition coefficient (Wildman–Crippen LogP) is 3.36. The summed E-state index contributed by atoms with van der Waals surface area (Å²) in [5.41, 5.74) is 1.73. The van der Waals surface area contributed by atoms with Crippen LogP contribution in [0.2, 0.25) is 0 Å². The largest absolute Gasteiger partial charge is 0.497 e. The lowest BCUT2D eigenvalue weighted by atomic mass is 10.2. The first-order valence-corrected chi connectivity index (χ1v) is 8.35. The molecule has 0 fully saturated rings. The summed E-state index contributed by atoms with van der Waals surface area (Å²) in [5, 5.41) is 2.96. The molecule has 0 atom stereocenters. The molecule has 4 nitrogen and oxygen atoms in total. The molecule has 0 heterocycles. The molecular formula is C18H21NO3S. The van der Waals surface area contributed by atoms with Crippen molar-refractivity contribution in [2.45, 2.75) is 11.4 Å². The Balaban J connectivity index is 1.96. The van der Waals surface area contributed by atoms with Crippen molar-refractivity contribution in [2.75, 3.05) is 26.6 Å². The van der Waals surface area contributed by atoms with Crippen LogP contribution in [0.4, 0.5) is 0 Å². The molecule has 0 unspecified atom stereocenters. The van der Waals surface area contributed by atoms with E-state index in [0.717, 1.165) is 22.0 Å². The van der Waals surface area contributed by atoms with Crippen molar-refractivity contribution in [2.24, 2.45) is 0 Å². The van der Waals surface area contributed by atoms with Gasteiger partial charge in [-0.2, -0.15) is 0 Å². The van der Waals surface area contributed by atoms with E-state index < -0.39 is 0 Å². The molecule has 2 rings (SSSR count). The molecule has 0 spiro atoms. The summed E-state index contributed by atoms with van der Waals surface area (Å²) in [6.45, 7) is 1.15. The van der Waals surface area contributed by atoms with E-state index in [-0.39, 0.29) is 5.91 Å². The maximum atomic E-state index is 12.4. The average molecular weight is 331 g/mol. The zero-order valence-corrected chi connectivity index (χ0v) is 14.2. The highest BCUT2D eigenvalue weighted by Gasteiger charge is 2.11. The number of benzene rings is 2. The highest BCUT2D eigenvalue weighted by Crippen LogP contribution is 2.22. The summed E-state index contributed by atoms with van der Waals surface area (Å²) in [5.74, 6) is 1.56. The maximum Gasteiger partial charge on any atom is 0.252 e. The molecule has 0 saturated heterocycles. The van der Waals surface area contributed by atoms with Crippen LogP contribution in [0.15, 0.2) is 53.4 Å². The van der Waals surface area contributed by atoms with Crippen LogP contribution in [-0.4, -0.2) is 32.5 Å². The Labute approximate surface area is 141 Å². The number of nitrogens with one attached hydrogen (secondary N) is 1. The lowest BCUT2D eigenvalue weighted by Crippen LogP contribution is -2.23. The standard InChI is InChI=1S/C18H21NO3S/c1-21-11-12-23-17-6-4-3-5-16(17)18(20)19-13-14-7-9-15(22-2)10-8-14/h3-10H,11-13H2,1-2H3,(H,19,20). The molecule has 2 aromatic rings. The van der Waals surface area contributed by atoms with Gasteiger partial charge in [-0.15, -0.1) is 11.8 Å². The molecule has 1 N–H and O–H groups in total. The lowest BCUT2D eigenvalue weighted by Gasteiger charge is -2.10. The minimum absolute atomic E-state index is 0.0682. The van der Waals surface area contributed by atoms with Crippen LogP contribution >= 0.6 is 11.8 Å². The van der Waals surface area contributed by atoms with E-state index in [1.54, 1.807) is 26.0 Å². The fourth-order valence-corrected chi connectivity index (χ4v) is 3.00. The highest BCUT2D eigenvalue weighted by molar-refractivity contribution is 7.99. The van der Waals surface area contributed by atoms with Gasteiger partial charge in [0.1, 0.15) is 5.75 Å². The van der Waals surface area contributed by atoms with Crippen molar-refractivity contribution in [3.8, 4) is 5.75 Å². The molecular weight excluding hydrogens is 310 g/mol. The zero-order valence-electron chi connectivity index (χ0n) is 13.4. The van der Waals surface area contributed by atoms with Gasteiger partial charge in [0.15, 0.2) is 0 Å². The summed E-state index contributed by atoms with van der Waals surface area (Å²) in [4.78, 5) is 13.4. The van der Waals surface area contributed by atoms with Gasteiger partial charge in [0.05, 0.1) is 19.3 Å². The number of thioether (sulfide) groups is 1. The second-order valence-corrected chi connectivity index (χ2v) is 6.00. The molecule has 2 aromatic carbocycles. The Kier molecular flexibility index (Phi) is 6.97. The van der Waals surface area contributed by atoms with Crippen LogP contribution in [0, 0.1) is 0 Å². The van der Waals surface area contributed by atoms with Crippen LogP contribution in [0.5, 0.6) is 5.75 Å². The van der Waals surface area contributed by atoms with Gasteiger partial charge in [-0.25, -0.2) is 0 Å². The second-order valence-electron chi connectivity index (χ2n) is 4.87. The van der Waals surface area contributed by atoms with Gasteiger partial charge in [-0.1, -0.05) is 24.3 Å². The maximum absolute atomic E-state index is 12.4. The molecule has 122 valence electrons. The minimum atomic E-state index is -0.0682. The summed E-state index contributed by atoms with van der Waals surface area (Å²) in [7, 11) is 3.31. The average Bonchev–Trinajstić information content (AvgIpc) is 2.61. The Morgan fingerprint density at radius 3 is 2.52 bits per heavy atom. The minimum Gasteiger partial charge on any atom is -0.497 e. The lowest BCUT2D eigenvalue weighted by molar-refractivity contribution is 0.0948. The van der Waals surface area contributed by atoms with Crippen LogP contribution < -0.4 is 10.1 Å². The van der Waals surface area contributed by atoms with Crippen molar-refractivity contribution in [3.63, 3.8) is 0 Å². The molecule has 0 aromatic heterocycles. The third-order valence-electron chi connectivity index (χ3n) is 3.29. The zero-order chi connectivity index (χ0) is 16.5. The van der Waals surface area contributed by atoms with Crippen LogP contribution in [-0.2, 0) is 11.3 Å². The number of ether oxygens (including phenoxy) is 2. The predicted molar refractivity (Wildman–Crippen MR) is 93.2 cm³/mol. The first kappa shape index (κ1) is 17.4. The molecule has 0 aliphatic carbocycles. The Bertz CT molecular complexity index is 628. The molecule has 23 heavy (non-hydrogen) atoms. The topological polar surface area (TPSA) is 47.6 Å². The molecule has 0 saturated carbocycles. The van der Waals surface area contributed by atoms with E-state index >= 15 is 0 Å². The molecule has 0 radical (unpaired) electrons. The smallest absolute Gasteiger partial charge is 0.252 e. The van der Waals surface area contributed by atoms with Crippen molar-refractivity contribution < 1.29 is 14.3 Å². The number of carbonyl (C=O) groups excluding carboxylic acids is 1. The van der Waals surface area contributed by atoms with Crippen LogP contribution in [0.3, 0.4) is 0 Å². The molecule has 0 aliphatic rings. The molecule has 1 amide bonds. The summed E-state index contributed by atoms with van der Waals surface area (Å²) >= 11 is 1.62. The van der Waals surface area contributed by atoms with Crippen LogP contribution in [0.1, 0.15) is 15.9 Å². The van der Waals surface area contributed by atoms with Gasteiger partial charge in [0.2, 0.25) is 0 Å². The fraction of sp³-hybridized carbons (Fsp3) is 0.278. The van der Waals surface area contributed by atoms with Crippen LogP contribution in [0.25, 0.3) is 0 Å². The van der Waals surface area contributed by atoms with E-state index in [1.165, 1.54) is 0 Å². The SMILES string of the molecule is COCCSc1ccccc1C(=O)NCc1ccc(OC)cc1. The number of hydrogen-bond acceptors (Lipinski definition) is 4. The van der Waals surface area contributed by atoms with E-state index in [4.69, 9.17) is 9.47 Å². The summed E-state index contributed by atoms with van der Waals surface area (Å²) < 4.78 is 10.2. The number of methoxy groups -OCH3 is 2. The first-order valence-electron chi connectivity index (χ1n) is 7.36. The molecule has 0 bridgehead atoms. The van der Waals surface area contributed by atoms with Crippen molar-refractivity contribution >= 4 is 17.7 Å². The Morgan fingerprint density at radius 2 is 1.83 bits per heavy atom. The number of rotatable bonds is 8. The van der Waals surface area contributed by atoms with E-state index in [1.807, 2.05) is 48.5 Å². The van der Waals surface area contributed by atoms with E-state index in [0.29, 0.717) is 18.7 Å². The summed E-state index contributed by atoms with van der Waals surface area (Å²) in [6.07, 6.45) is 0. The third kappa shape index (κ3) is 5.30. The molecule has 5 heteroatoms. The van der Waals surface area contributed by atoms with E-state index in [2.05, 4.69) is 5.32 Å².